The minimum absolute atomic E-state index is 0.191. The van der Waals surface area contributed by atoms with Gasteiger partial charge < -0.3 is 0 Å². The summed E-state index contributed by atoms with van der Waals surface area (Å²) >= 11 is 9.21. The third-order valence-electron chi connectivity index (χ3n) is 2.89. The summed E-state index contributed by atoms with van der Waals surface area (Å²) in [5, 5.41) is 0.673. The summed E-state index contributed by atoms with van der Waals surface area (Å²) in [5.74, 6) is 5.28. The standard InChI is InChI=1S/C14H13BrClFN2/c15-14-11(5-2-6-12(14)17)13(19-18)8-9-3-1-4-10(16)7-9/h1-7,13,19H,8,18H2. The Morgan fingerprint density at radius 3 is 2.68 bits per heavy atom. The molecule has 0 aromatic heterocycles. The van der Waals surface area contributed by atoms with Crippen molar-refractivity contribution in [2.24, 2.45) is 5.84 Å². The second-order valence-electron chi connectivity index (χ2n) is 4.20. The first-order chi connectivity index (χ1) is 9.11. The Kier molecular flexibility index (Phi) is 4.93. The lowest BCUT2D eigenvalue weighted by Gasteiger charge is -2.18. The normalized spacial score (nSPS) is 12.4. The minimum atomic E-state index is -0.302. The van der Waals surface area contributed by atoms with Crippen LogP contribution in [0.15, 0.2) is 46.9 Å². The molecule has 1 atom stereocenters. The van der Waals surface area contributed by atoms with Crippen LogP contribution in [0.5, 0.6) is 0 Å². The number of nitrogens with two attached hydrogens (primary N) is 1. The predicted octanol–water partition coefficient (Wildman–Crippen LogP) is 3.99. The van der Waals surface area contributed by atoms with E-state index in [2.05, 4.69) is 21.4 Å². The predicted molar refractivity (Wildman–Crippen MR) is 79.3 cm³/mol. The summed E-state index contributed by atoms with van der Waals surface area (Å²) in [6, 6.07) is 12.2. The molecule has 100 valence electrons. The monoisotopic (exact) mass is 342 g/mol. The first-order valence-corrected chi connectivity index (χ1v) is 6.93. The summed E-state index contributed by atoms with van der Waals surface area (Å²) in [4.78, 5) is 0. The van der Waals surface area contributed by atoms with Gasteiger partial charge in [-0.15, -0.1) is 0 Å². The maximum Gasteiger partial charge on any atom is 0.137 e. The fourth-order valence-electron chi connectivity index (χ4n) is 1.95. The minimum Gasteiger partial charge on any atom is -0.271 e. The molecule has 5 heteroatoms. The molecule has 2 nitrogen and oxygen atoms in total. The summed E-state index contributed by atoms with van der Waals surface area (Å²) in [5.41, 5.74) is 4.53. The Balaban J connectivity index is 2.28. The van der Waals surface area contributed by atoms with Crippen LogP contribution >= 0.6 is 27.5 Å². The molecular weight excluding hydrogens is 331 g/mol. The van der Waals surface area contributed by atoms with E-state index in [9.17, 15) is 4.39 Å². The molecular formula is C14H13BrClFN2. The lowest BCUT2D eigenvalue weighted by atomic mass is 9.99. The molecule has 0 spiro atoms. The van der Waals surface area contributed by atoms with Gasteiger partial charge in [0.15, 0.2) is 0 Å². The van der Waals surface area contributed by atoms with E-state index in [4.69, 9.17) is 17.4 Å². The highest BCUT2D eigenvalue weighted by Crippen LogP contribution is 2.28. The maximum absolute atomic E-state index is 13.5. The van der Waals surface area contributed by atoms with E-state index in [1.54, 1.807) is 6.07 Å². The van der Waals surface area contributed by atoms with E-state index < -0.39 is 0 Å². The molecule has 0 aliphatic rings. The lowest BCUT2D eigenvalue weighted by molar-refractivity contribution is 0.540. The number of hydrogen-bond donors (Lipinski definition) is 2. The van der Waals surface area contributed by atoms with Gasteiger partial charge >= 0.3 is 0 Å². The average Bonchev–Trinajstić information content (AvgIpc) is 2.40. The molecule has 2 rings (SSSR count). The molecule has 1 unspecified atom stereocenters. The molecule has 0 heterocycles. The molecule has 0 bridgehead atoms. The molecule has 19 heavy (non-hydrogen) atoms. The van der Waals surface area contributed by atoms with E-state index in [-0.39, 0.29) is 11.9 Å². The van der Waals surface area contributed by atoms with Crippen LogP contribution < -0.4 is 11.3 Å². The molecule has 3 N–H and O–H groups in total. The van der Waals surface area contributed by atoms with Gasteiger partial charge in [0.2, 0.25) is 0 Å². The van der Waals surface area contributed by atoms with Gasteiger partial charge in [0.1, 0.15) is 5.82 Å². The smallest absolute Gasteiger partial charge is 0.137 e. The van der Waals surface area contributed by atoms with E-state index >= 15 is 0 Å². The first kappa shape index (κ1) is 14.5. The van der Waals surface area contributed by atoms with Crippen molar-refractivity contribution in [1.82, 2.24) is 5.43 Å². The van der Waals surface area contributed by atoms with Gasteiger partial charge in [-0.05, 0) is 51.7 Å². The largest absolute Gasteiger partial charge is 0.271 e. The number of rotatable bonds is 4. The molecule has 2 aromatic rings. The zero-order valence-electron chi connectivity index (χ0n) is 10.0. The van der Waals surface area contributed by atoms with E-state index in [1.165, 1.54) is 6.07 Å². The van der Waals surface area contributed by atoms with Gasteiger partial charge in [0.05, 0.1) is 10.5 Å². The topological polar surface area (TPSA) is 38.0 Å². The van der Waals surface area contributed by atoms with E-state index in [1.807, 2.05) is 30.3 Å². The molecule has 0 fully saturated rings. The fraction of sp³-hybridized carbons (Fsp3) is 0.143. The van der Waals surface area contributed by atoms with Gasteiger partial charge in [0, 0.05) is 5.02 Å². The zero-order chi connectivity index (χ0) is 13.8. The Morgan fingerprint density at radius 2 is 2.00 bits per heavy atom. The van der Waals surface area contributed by atoms with Gasteiger partial charge in [-0.1, -0.05) is 35.9 Å². The molecule has 0 aliphatic carbocycles. The summed E-state index contributed by atoms with van der Waals surface area (Å²) in [6.07, 6.45) is 0.624. The van der Waals surface area contributed by atoms with Gasteiger partial charge in [0.25, 0.3) is 0 Å². The average molecular weight is 344 g/mol. The molecule has 0 saturated carbocycles. The van der Waals surface area contributed by atoms with E-state index in [0.717, 1.165) is 11.1 Å². The Morgan fingerprint density at radius 1 is 1.26 bits per heavy atom. The van der Waals surface area contributed by atoms with Gasteiger partial charge in [-0.2, -0.15) is 0 Å². The van der Waals surface area contributed by atoms with Crippen LogP contribution in [0.25, 0.3) is 0 Å². The van der Waals surface area contributed by atoms with Crippen molar-refractivity contribution in [3.8, 4) is 0 Å². The Bertz CT molecular complexity index is 577. The highest BCUT2D eigenvalue weighted by atomic mass is 79.9. The second-order valence-corrected chi connectivity index (χ2v) is 5.43. The van der Waals surface area contributed by atoms with Crippen molar-refractivity contribution < 1.29 is 4.39 Å². The molecule has 2 aromatic carbocycles. The maximum atomic E-state index is 13.5. The van der Waals surface area contributed by atoms with Gasteiger partial charge in [-0.3, -0.25) is 11.3 Å². The van der Waals surface area contributed by atoms with Crippen LogP contribution in [0.2, 0.25) is 5.02 Å². The first-order valence-electron chi connectivity index (χ1n) is 5.76. The van der Waals surface area contributed by atoms with Crippen molar-refractivity contribution >= 4 is 27.5 Å². The summed E-state index contributed by atoms with van der Waals surface area (Å²) < 4.78 is 14.0. The summed E-state index contributed by atoms with van der Waals surface area (Å²) in [6.45, 7) is 0. The van der Waals surface area contributed by atoms with Crippen molar-refractivity contribution in [1.29, 1.82) is 0 Å². The number of benzene rings is 2. The van der Waals surface area contributed by atoms with Gasteiger partial charge in [-0.25, -0.2) is 4.39 Å². The van der Waals surface area contributed by atoms with Crippen molar-refractivity contribution in [3.63, 3.8) is 0 Å². The van der Waals surface area contributed by atoms with Crippen LogP contribution in [-0.4, -0.2) is 0 Å². The van der Waals surface area contributed by atoms with Crippen LogP contribution in [0, 0.1) is 5.82 Å². The quantitative estimate of drug-likeness (QED) is 0.651. The van der Waals surface area contributed by atoms with Crippen molar-refractivity contribution in [3.05, 3.63) is 68.9 Å². The van der Waals surface area contributed by atoms with Crippen LogP contribution in [0.4, 0.5) is 4.39 Å². The number of hydrogen-bond acceptors (Lipinski definition) is 2. The molecule has 0 amide bonds. The third-order valence-corrected chi connectivity index (χ3v) is 3.96. The second kappa shape index (κ2) is 6.48. The lowest BCUT2D eigenvalue weighted by Crippen LogP contribution is -2.30. The molecule has 0 radical (unpaired) electrons. The highest BCUT2D eigenvalue weighted by molar-refractivity contribution is 9.10. The van der Waals surface area contributed by atoms with Crippen LogP contribution in [0.3, 0.4) is 0 Å². The number of nitrogens with one attached hydrogen (secondary N) is 1. The zero-order valence-corrected chi connectivity index (χ0v) is 12.4. The summed E-state index contributed by atoms with van der Waals surface area (Å²) in [7, 11) is 0. The van der Waals surface area contributed by atoms with Crippen LogP contribution in [0.1, 0.15) is 17.2 Å². The highest BCUT2D eigenvalue weighted by Gasteiger charge is 2.16. The third kappa shape index (κ3) is 3.54. The Labute approximate surface area is 124 Å². The van der Waals surface area contributed by atoms with Crippen molar-refractivity contribution in [2.45, 2.75) is 12.5 Å². The SMILES string of the molecule is NNC(Cc1cccc(Cl)c1)c1cccc(F)c1Br. The fourth-order valence-corrected chi connectivity index (χ4v) is 2.70. The van der Waals surface area contributed by atoms with Crippen LogP contribution in [-0.2, 0) is 6.42 Å². The van der Waals surface area contributed by atoms with Crippen molar-refractivity contribution in [2.75, 3.05) is 0 Å². The number of halogens is 3. The number of hydrazine groups is 1. The van der Waals surface area contributed by atoms with E-state index in [0.29, 0.717) is 15.9 Å². The molecule has 0 saturated heterocycles. The Hall–Kier alpha value is -0.940. The molecule has 0 aliphatic heterocycles.